The van der Waals surface area contributed by atoms with Crippen molar-refractivity contribution >= 4 is 22.1 Å². The van der Waals surface area contributed by atoms with Gasteiger partial charge in [-0.25, -0.2) is 4.98 Å². The number of anilines is 1. The molecule has 2 rings (SSSR count). The first kappa shape index (κ1) is 10.5. The van der Waals surface area contributed by atoms with Crippen LogP contribution in [-0.2, 0) is 0 Å². The number of imidazole rings is 1. The topological polar surface area (TPSA) is 43.3 Å². The second-order valence-electron chi connectivity index (χ2n) is 4.47. The molecule has 0 radical (unpaired) electrons. The summed E-state index contributed by atoms with van der Waals surface area (Å²) in [6.45, 7) is 8.60. The van der Waals surface area contributed by atoms with Gasteiger partial charge in [-0.05, 0) is 11.8 Å². The Morgan fingerprint density at radius 1 is 1.27 bits per heavy atom. The lowest BCUT2D eigenvalue weighted by molar-refractivity contribution is 0.808. The quantitative estimate of drug-likeness (QED) is 0.849. The molecular weight excluding hydrogens is 206 g/mol. The summed E-state index contributed by atoms with van der Waals surface area (Å²) in [6.07, 6.45) is 0. The summed E-state index contributed by atoms with van der Waals surface area (Å²) in [4.78, 5) is 5.59. The molecule has 0 aliphatic carbocycles. The molecule has 0 atom stereocenters. The maximum atomic E-state index is 6.13. The van der Waals surface area contributed by atoms with Crippen molar-refractivity contribution in [1.29, 1.82) is 0 Å². The number of rotatable bonds is 2. The fraction of sp³-hybridized carbons (Fsp3) is 0.545. The fourth-order valence-corrected chi connectivity index (χ4v) is 2.81. The van der Waals surface area contributed by atoms with Crippen molar-refractivity contribution in [2.24, 2.45) is 0 Å². The van der Waals surface area contributed by atoms with E-state index < -0.39 is 0 Å². The predicted molar refractivity (Wildman–Crippen MR) is 65.7 cm³/mol. The van der Waals surface area contributed by atoms with Crippen LogP contribution in [0.25, 0.3) is 4.96 Å². The Morgan fingerprint density at radius 3 is 2.47 bits per heavy atom. The van der Waals surface area contributed by atoms with Crippen LogP contribution in [0.5, 0.6) is 0 Å². The van der Waals surface area contributed by atoms with Crippen LogP contribution >= 0.6 is 11.3 Å². The molecule has 2 heterocycles. The number of nitrogens with zero attached hydrogens (tertiary/aromatic N) is 2. The normalized spacial score (nSPS) is 12.1. The molecule has 0 saturated carbocycles. The number of fused-ring (bicyclic) bond motifs is 1. The molecule has 4 heteroatoms. The summed E-state index contributed by atoms with van der Waals surface area (Å²) in [5, 5.41) is 2.15. The molecular formula is C11H17N3S. The molecule has 0 aromatic carbocycles. The van der Waals surface area contributed by atoms with E-state index >= 15 is 0 Å². The van der Waals surface area contributed by atoms with E-state index in [0.29, 0.717) is 11.8 Å². The molecule has 0 unspecified atom stereocenters. The molecule has 0 bridgehead atoms. The SMILES string of the molecule is CC(C)c1nc2scc(C(C)C)n2c1N. The number of hydrogen-bond donors (Lipinski definition) is 1. The average molecular weight is 223 g/mol. The molecule has 2 aromatic rings. The first-order valence-electron chi connectivity index (χ1n) is 5.27. The lowest BCUT2D eigenvalue weighted by atomic mass is 10.1. The van der Waals surface area contributed by atoms with Crippen molar-refractivity contribution in [3.63, 3.8) is 0 Å². The average Bonchev–Trinajstić information content (AvgIpc) is 2.66. The van der Waals surface area contributed by atoms with Gasteiger partial charge in [0.05, 0.1) is 5.69 Å². The number of hydrogen-bond acceptors (Lipinski definition) is 3. The van der Waals surface area contributed by atoms with Gasteiger partial charge in [0.25, 0.3) is 0 Å². The van der Waals surface area contributed by atoms with E-state index in [-0.39, 0.29) is 0 Å². The fourth-order valence-electron chi connectivity index (χ4n) is 1.74. The van der Waals surface area contributed by atoms with Crippen molar-refractivity contribution in [1.82, 2.24) is 9.38 Å². The molecule has 15 heavy (non-hydrogen) atoms. The third-order valence-corrected chi connectivity index (χ3v) is 3.44. The van der Waals surface area contributed by atoms with Gasteiger partial charge in [0.2, 0.25) is 0 Å². The highest BCUT2D eigenvalue weighted by molar-refractivity contribution is 7.15. The third-order valence-electron chi connectivity index (χ3n) is 2.59. The second kappa shape index (κ2) is 3.52. The van der Waals surface area contributed by atoms with Crippen molar-refractivity contribution in [3.8, 4) is 0 Å². The Labute approximate surface area is 93.9 Å². The summed E-state index contributed by atoms with van der Waals surface area (Å²) < 4.78 is 2.09. The third kappa shape index (κ3) is 1.53. The van der Waals surface area contributed by atoms with Crippen LogP contribution in [-0.4, -0.2) is 9.38 Å². The second-order valence-corrected chi connectivity index (χ2v) is 5.31. The minimum atomic E-state index is 0.386. The lowest BCUT2D eigenvalue weighted by Crippen LogP contribution is -2.01. The van der Waals surface area contributed by atoms with Gasteiger partial charge in [-0.15, -0.1) is 11.3 Å². The summed E-state index contributed by atoms with van der Waals surface area (Å²) in [6, 6.07) is 0. The largest absolute Gasteiger partial charge is 0.383 e. The molecule has 0 fully saturated rings. The van der Waals surface area contributed by atoms with Crippen molar-refractivity contribution in [2.75, 3.05) is 5.73 Å². The molecule has 0 amide bonds. The monoisotopic (exact) mass is 223 g/mol. The van der Waals surface area contributed by atoms with E-state index in [2.05, 4.69) is 42.5 Å². The van der Waals surface area contributed by atoms with E-state index in [4.69, 9.17) is 5.73 Å². The maximum absolute atomic E-state index is 6.13. The smallest absolute Gasteiger partial charge is 0.195 e. The Kier molecular flexibility index (Phi) is 2.46. The van der Waals surface area contributed by atoms with Gasteiger partial charge >= 0.3 is 0 Å². The number of nitrogens with two attached hydrogens (primary N) is 1. The minimum absolute atomic E-state index is 0.386. The van der Waals surface area contributed by atoms with Gasteiger partial charge in [0, 0.05) is 11.1 Å². The van der Waals surface area contributed by atoms with Crippen molar-refractivity contribution in [3.05, 3.63) is 16.8 Å². The zero-order valence-corrected chi connectivity index (χ0v) is 10.4. The van der Waals surface area contributed by atoms with Gasteiger partial charge in [0.15, 0.2) is 4.96 Å². The van der Waals surface area contributed by atoms with E-state index in [1.807, 2.05) is 0 Å². The van der Waals surface area contributed by atoms with Crippen LogP contribution in [0.15, 0.2) is 5.38 Å². The molecule has 82 valence electrons. The molecule has 3 nitrogen and oxygen atoms in total. The summed E-state index contributed by atoms with van der Waals surface area (Å²) in [5.41, 5.74) is 8.40. The molecule has 2 N–H and O–H groups in total. The molecule has 0 aliphatic rings. The Morgan fingerprint density at radius 2 is 1.93 bits per heavy atom. The van der Waals surface area contributed by atoms with Gasteiger partial charge in [0.1, 0.15) is 5.82 Å². The van der Waals surface area contributed by atoms with Crippen LogP contribution in [0.2, 0.25) is 0 Å². The van der Waals surface area contributed by atoms with Crippen LogP contribution in [0.1, 0.15) is 50.9 Å². The highest BCUT2D eigenvalue weighted by atomic mass is 32.1. The van der Waals surface area contributed by atoms with Crippen molar-refractivity contribution in [2.45, 2.75) is 39.5 Å². The Bertz CT molecular complexity index is 479. The summed E-state index contributed by atoms with van der Waals surface area (Å²) in [7, 11) is 0. The number of nitrogen functional groups attached to an aromatic ring is 1. The first-order chi connectivity index (χ1) is 7.02. The Balaban J connectivity index is 2.69. The first-order valence-corrected chi connectivity index (χ1v) is 6.15. The van der Waals surface area contributed by atoms with Gasteiger partial charge < -0.3 is 5.73 Å². The molecule has 2 aromatic heterocycles. The van der Waals surface area contributed by atoms with Crippen molar-refractivity contribution < 1.29 is 0 Å². The Hall–Kier alpha value is -1.03. The zero-order chi connectivity index (χ0) is 11.2. The van der Waals surface area contributed by atoms with Gasteiger partial charge in [-0.2, -0.15) is 0 Å². The maximum Gasteiger partial charge on any atom is 0.195 e. The number of thiazole rings is 1. The van der Waals surface area contributed by atoms with Crippen LogP contribution in [0, 0.1) is 0 Å². The van der Waals surface area contributed by atoms with E-state index in [9.17, 15) is 0 Å². The molecule has 0 aliphatic heterocycles. The van der Waals surface area contributed by atoms with E-state index in [1.54, 1.807) is 11.3 Å². The highest BCUT2D eigenvalue weighted by Gasteiger charge is 2.17. The van der Waals surface area contributed by atoms with Gasteiger partial charge in [-0.1, -0.05) is 27.7 Å². The minimum Gasteiger partial charge on any atom is -0.383 e. The van der Waals surface area contributed by atoms with Gasteiger partial charge in [-0.3, -0.25) is 4.40 Å². The summed E-state index contributed by atoms with van der Waals surface area (Å²) >= 11 is 1.67. The lowest BCUT2D eigenvalue weighted by Gasteiger charge is -2.06. The highest BCUT2D eigenvalue weighted by Crippen LogP contribution is 2.30. The standard InChI is InChI=1S/C11H17N3S/c1-6(2)8-5-15-11-13-9(7(3)4)10(12)14(8)11/h5-7H,12H2,1-4H3. The van der Waals surface area contributed by atoms with E-state index in [1.165, 1.54) is 5.69 Å². The van der Waals surface area contributed by atoms with E-state index in [0.717, 1.165) is 16.5 Å². The predicted octanol–water partition coefficient (Wildman–Crippen LogP) is 3.22. The van der Waals surface area contributed by atoms with Crippen LogP contribution in [0.4, 0.5) is 5.82 Å². The van der Waals surface area contributed by atoms with Crippen LogP contribution < -0.4 is 5.73 Å². The van der Waals surface area contributed by atoms with Crippen LogP contribution in [0.3, 0.4) is 0 Å². The summed E-state index contributed by atoms with van der Waals surface area (Å²) in [5.74, 6) is 1.68. The number of aromatic nitrogens is 2. The molecule has 0 saturated heterocycles. The molecule has 0 spiro atoms. The zero-order valence-electron chi connectivity index (χ0n) is 9.61.